The molecule has 192 valence electrons. The molecular formula is C29H26BrN5O3. The number of nitrogens with one attached hydrogen (secondary N) is 1. The number of carbonyl (C=O) groups excluding carboxylic acids is 2. The van der Waals surface area contributed by atoms with Crippen molar-refractivity contribution in [2.75, 3.05) is 7.05 Å². The molecule has 0 bridgehead atoms. The first kappa shape index (κ1) is 25.5. The van der Waals surface area contributed by atoms with Crippen LogP contribution in [0.25, 0.3) is 11.3 Å². The van der Waals surface area contributed by atoms with Gasteiger partial charge in [-0.1, -0.05) is 15.9 Å². The standard InChI is InChI=1S/C29H26BrN5O3/c1-5-6-21-15-32-35-25-16-33(28(37)20-9-12-24(30)17(2)13-20)18(3)14-23(25)29(38)34(27(21)35)22-10-7-19(8-11-22)26(36)31-4/h1,7-13,15,18H,6,14,16H2,2-4H3,(H,31,36). The van der Waals surface area contributed by atoms with Crippen molar-refractivity contribution in [3.8, 4) is 18.0 Å². The van der Waals surface area contributed by atoms with Crippen LogP contribution >= 0.6 is 15.9 Å². The zero-order chi connectivity index (χ0) is 27.1. The van der Waals surface area contributed by atoms with E-state index < -0.39 is 0 Å². The van der Waals surface area contributed by atoms with Crippen LogP contribution in [0.4, 0.5) is 0 Å². The van der Waals surface area contributed by atoms with Gasteiger partial charge < -0.3 is 10.2 Å². The summed E-state index contributed by atoms with van der Waals surface area (Å²) < 4.78 is 4.28. The van der Waals surface area contributed by atoms with Crippen molar-refractivity contribution < 1.29 is 9.59 Å². The number of aryl methyl sites for hydroxylation is 1. The average Bonchev–Trinajstić information content (AvgIpc) is 3.33. The van der Waals surface area contributed by atoms with Crippen LogP contribution in [0.5, 0.6) is 0 Å². The largest absolute Gasteiger partial charge is 0.355 e. The summed E-state index contributed by atoms with van der Waals surface area (Å²) in [4.78, 5) is 41.4. The number of terminal acetylenes is 1. The highest BCUT2D eigenvalue weighted by molar-refractivity contribution is 9.10. The van der Waals surface area contributed by atoms with Gasteiger partial charge in [0, 0.05) is 46.2 Å². The molecule has 0 saturated heterocycles. The molecule has 2 aromatic carbocycles. The lowest BCUT2D eigenvalue weighted by molar-refractivity contribution is 0.0651. The Bertz CT molecular complexity index is 1690. The highest BCUT2D eigenvalue weighted by Gasteiger charge is 2.33. The second kappa shape index (κ2) is 9.95. The van der Waals surface area contributed by atoms with Gasteiger partial charge in [-0.2, -0.15) is 5.10 Å². The van der Waals surface area contributed by atoms with E-state index in [4.69, 9.17) is 6.42 Å². The smallest absolute Gasteiger partial charge is 0.261 e. The molecular weight excluding hydrogens is 546 g/mol. The summed E-state index contributed by atoms with van der Waals surface area (Å²) in [6.07, 6.45) is 7.98. The number of fused-ring (bicyclic) bond motifs is 3. The summed E-state index contributed by atoms with van der Waals surface area (Å²) in [6, 6.07) is 12.2. The molecule has 1 unspecified atom stereocenters. The van der Waals surface area contributed by atoms with Gasteiger partial charge in [0.25, 0.3) is 17.4 Å². The van der Waals surface area contributed by atoms with Gasteiger partial charge in [-0.25, -0.2) is 4.52 Å². The summed E-state index contributed by atoms with van der Waals surface area (Å²) in [6.45, 7) is 4.13. The Hall–Kier alpha value is -4.16. The average molecular weight is 572 g/mol. The van der Waals surface area contributed by atoms with E-state index in [0.717, 1.165) is 15.6 Å². The molecule has 1 atom stereocenters. The zero-order valence-electron chi connectivity index (χ0n) is 21.3. The highest BCUT2D eigenvalue weighted by atomic mass is 79.9. The maximum atomic E-state index is 14.0. The lowest BCUT2D eigenvalue weighted by Crippen LogP contribution is -2.46. The van der Waals surface area contributed by atoms with Gasteiger partial charge in [0.15, 0.2) is 0 Å². The third-order valence-electron chi connectivity index (χ3n) is 7.02. The third-order valence-corrected chi connectivity index (χ3v) is 7.91. The second-order valence-corrected chi connectivity index (χ2v) is 10.3. The normalized spacial score (nSPS) is 14.7. The number of halogens is 1. The fraction of sp³-hybridized carbons (Fsp3) is 0.241. The van der Waals surface area contributed by atoms with Crippen molar-refractivity contribution in [1.82, 2.24) is 24.4 Å². The van der Waals surface area contributed by atoms with E-state index in [0.29, 0.717) is 40.1 Å². The minimum Gasteiger partial charge on any atom is -0.355 e. The van der Waals surface area contributed by atoms with E-state index in [2.05, 4.69) is 32.3 Å². The molecule has 8 nitrogen and oxygen atoms in total. The van der Waals surface area contributed by atoms with E-state index in [1.54, 1.807) is 57.6 Å². The molecule has 2 amide bonds. The fourth-order valence-corrected chi connectivity index (χ4v) is 5.23. The van der Waals surface area contributed by atoms with Crippen molar-refractivity contribution in [3.05, 3.63) is 97.0 Å². The number of aromatic nitrogens is 3. The highest BCUT2D eigenvalue weighted by Crippen LogP contribution is 2.27. The predicted octanol–water partition coefficient (Wildman–Crippen LogP) is 3.68. The van der Waals surface area contributed by atoms with Gasteiger partial charge in [0.05, 0.1) is 24.1 Å². The van der Waals surface area contributed by atoms with Crippen LogP contribution in [0, 0.1) is 19.3 Å². The number of amides is 2. The Labute approximate surface area is 228 Å². The Morgan fingerprint density at radius 2 is 1.89 bits per heavy atom. The molecule has 9 heteroatoms. The summed E-state index contributed by atoms with van der Waals surface area (Å²) in [5.41, 5.74) is 5.03. The first-order valence-electron chi connectivity index (χ1n) is 12.2. The van der Waals surface area contributed by atoms with Crippen LogP contribution in [0.1, 0.15) is 50.0 Å². The predicted molar refractivity (Wildman–Crippen MR) is 149 cm³/mol. The molecule has 1 N–H and O–H groups in total. The quantitative estimate of drug-likeness (QED) is 0.378. The van der Waals surface area contributed by atoms with Crippen molar-refractivity contribution in [1.29, 1.82) is 0 Å². The molecule has 3 heterocycles. The fourth-order valence-electron chi connectivity index (χ4n) is 4.98. The zero-order valence-corrected chi connectivity index (χ0v) is 22.9. The lowest BCUT2D eigenvalue weighted by atomic mass is 9.98. The van der Waals surface area contributed by atoms with Gasteiger partial charge in [-0.3, -0.25) is 19.0 Å². The third kappa shape index (κ3) is 4.21. The van der Waals surface area contributed by atoms with Crippen LogP contribution in [0.3, 0.4) is 0 Å². The number of carbonyl (C=O) groups is 2. The van der Waals surface area contributed by atoms with E-state index in [-0.39, 0.29) is 36.4 Å². The summed E-state index contributed by atoms with van der Waals surface area (Å²) in [7, 11) is 1.57. The summed E-state index contributed by atoms with van der Waals surface area (Å²) in [5.74, 6) is 2.34. The molecule has 38 heavy (non-hydrogen) atoms. The molecule has 0 saturated carbocycles. The molecule has 0 fully saturated rings. The molecule has 1 aliphatic heterocycles. The van der Waals surface area contributed by atoms with Crippen LogP contribution in [0.15, 0.2) is 57.9 Å². The summed E-state index contributed by atoms with van der Waals surface area (Å²) >= 11 is 3.49. The number of rotatable bonds is 4. The Morgan fingerprint density at radius 3 is 2.55 bits per heavy atom. The van der Waals surface area contributed by atoms with Crippen molar-refractivity contribution in [2.45, 2.75) is 39.3 Å². The SMILES string of the molecule is C#CCc1cnn2c3c(c(=O)n(-c4ccc(C(=O)NC)cc4)c12)CC(C)N(C(=O)c1ccc(Br)c(C)c1)C3. The Morgan fingerprint density at radius 1 is 1.18 bits per heavy atom. The Kier molecular flexibility index (Phi) is 6.67. The van der Waals surface area contributed by atoms with Crippen LogP contribution in [-0.4, -0.2) is 44.0 Å². The Balaban J connectivity index is 1.66. The monoisotopic (exact) mass is 571 g/mol. The molecule has 0 radical (unpaired) electrons. The van der Waals surface area contributed by atoms with E-state index in [1.165, 1.54) is 0 Å². The van der Waals surface area contributed by atoms with Crippen molar-refractivity contribution >= 4 is 33.4 Å². The molecule has 5 rings (SSSR count). The molecule has 1 aliphatic rings. The maximum Gasteiger partial charge on any atom is 0.261 e. The van der Waals surface area contributed by atoms with E-state index >= 15 is 0 Å². The topological polar surface area (TPSA) is 88.7 Å². The van der Waals surface area contributed by atoms with Gasteiger partial charge >= 0.3 is 0 Å². The maximum absolute atomic E-state index is 14.0. The van der Waals surface area contributed by atoms with Gasteiger partial charge in [-0.05, 0) is 68.3 Å². The first-order chi connectivity index (χ1) is 18.2. The van der Waals surface area contributed by atoms with Crippen LogP contribution < -0.4 is 10.9 Å². The number of benzene rings is 2. The van der Waals surface area contributed by atoms with Gasteiger partial charge in [-0.15, -0.1) is 12.3 Å². The number of nitrogens with zero attached hydrogens (tertiary/aromatic N) is 4. The van der Waals surface area contributed by atoms with Gasteiger partial charge in [0.1, 0.15) is 5.65 Å². The molecule has 4 aromatic rings. The first-order valence-corrected chi connectivity index (χ1v) is 13.0. The summed E-state index contributed by atoms with van der Waals surface area (Å²) in [5, 5.41) is 7.21. The number of hydrogen-bond acceptors (Lipinski definition) is 4. The van der Waals surface area contributed by atoms with Crippen LogP contribution in [-0.2, 0) is 19.4 Å². The minimum absolute atomic E-state index is 0.100. The van der Waals surface area contributed by atoms with Crippen molar-refractivity contribution in [2.24, 2.45) is 0 Å². The lowest BCUT2D eigenvalue weighted by Gasteiger charge is -2.35. The van der Waals surface area contributed by atoms with Crippen molar-refractivity contribution in [3.63, 3.8) is 0 Å². The second-order valence-electron chi connectivity index (χ2n) is 9.43. The minimum atomic E-state index is -0.212. The van der Waals surface area contributed by atoms with Crippen LogP contribution in [0.2, 0.25) is 0 Å². The molecule has 0 spiro atoms. The molecule has 2 aromatic heterocycles. The number of hydrogen-bond donors (Lipinski definition) is 1. The van der Waals surface area contributed by atoms with E-state index in [9.17, 15) is 14.4 Å². The van der Waals surface area contributed by atoms with E-state index in [1.807, 2.05) is 26.0 Å². The molecule has 0 aliphatic carbocycles. The van der Waals surface area contributed by atoms with Gasteiger partial charge in [0.2, 0.25) is 0 Å².